The molecule has 0 N–H and O–H groups in total. The molecule has 1 rings (SSSR count). The van der Waals surface area contributed by atoms with Gasteiger partial charge in [0.15, 0.2) is 0 Å². The van der Waals surface area contributed by atoms with Gasteiger partial charge in [-0.2, -0.15) is 0 Å². The molecule has 0 aromatic heterocycles. The van der Waals surface area contributed by atoms with Gasteiger partial charge >= 0.3 is 11.9 Å². The van der Waals surface area contributed by atoms with Crippen molar-refractivity contribution >= 4 is 11.9 Å². The van der Waals surface area contributed by atoms with E-state index in [2.05, 4.69) is 6.92 Å². The molecule has 158 valence electrons. The molecule has 0 spiro atoms. The molecule has 0 aliphatic heterocycles. The number of carbonyl (C=O) groups excluding carboxylic acids is 2. The lowest BCUT2D eigenvalue weighted by Crippen LogP contribution is -2.35. The maximum Gasteiger partial charge on any atom is 0.309 e. The zero-order chi connectivity index (χ0) is 19.7. The molecule has 1 aliphatic carbocycles. The number of unbranched alkanes of at least 4 members (excludes halogenated alkanes) is 10. The fourth-order valence-corrected chi connectivity index (χ4v) is 3.99. The monoisotopic (exact) mass is 382 g/mol. The lowest BCUT2D eigenvalue weighted by molar-refractivity contribution is -0.162. The van der Waals surface area contributed by atoms with Gasteiger partial charge in [0.2, 0.25) is 0 Å². The Morgan fingerprint density at radius 2 is 1.11 bits per heavy atom. The summed E-state index contributed by atoms with van der Waals surface area (Å²) < 4.78 is 10.6. The normalized spacial score (nSPS) is 19.6. The van der Waals surface area contributed by atoms with E-state index in [1.807, 2.05) is 0 Å². The molecule has 4 nitrogen and oxygen atoms in total. The number of hydrogen-bond donors (Lipinski definition) is 0. The van der Waals surface area contributed by atoms with Crippen molar-refractivity contribution in [2.45, 2.75) is 110 Å². The predicted molar refractivity (Wildman–Crippen MR) is 110 cm³/mol. The smallest absolute Gasteiger partial charge is 0.309 e. The van der Waals surface area contributed by atoms with Gasteiger partial charge in [0.25, 0.3) is 0 Å². The predicted octanol–water partition coefficient (Wildman–Crippen LogP) is 6.21. The molecule has 2 unspecified atom stereocenters. The van der Waals surface area contributed by atoms with E-state index in [0.29, 0.717) is 13.2 Å². The van der Waals surface area contributed by atoms with E-state index in [1.54, 1.807) is 6.92 Å². The Bertz CT molecular complexity index is 394. The van der Waals surface area contributed by atoms with Crippen LogP contribution in [0.15, 0.2) is 0 Å². The van der Waals surface area contributed by atoms with Crippen molar-refractivity contribution in [1.29, 1.82) is 0 Å². The summed E-state index contributed by atoms with van der Waals surface area (Å²) >= 11 is 0. The second kappa shape index (κ2) is 15.9. The quantitative estimate of drug-likeness (QED) is 0.249. The molecule has 1 fully saturated rings. The van der Waals surface area contributed by atoms with Crippen LogP contribution in [0, 0.1) is 11.8 Å². The highest BCUT2D eigenvalue weighted by atomic mass is 16.5. The van der Waals surface area contributed by atoms with Crippen molar-refractivity contribution in [3.63, 3.8) is 0 Å². The Kier molecular flexibility index (Phi) is 14.2. The van der Waals surface area contributed by atoms with E-state index < -0.39 is 0 Å². The summed E-state index contributed by atoms with van der Waals surface area (Å²) in [5.41, 5.74) is 0. The summed E-state index contributed by atoms with van der Waals surface area (Å²) in [6.45, 7) is 4.92. The number of ether oxygens (including phenoxy) is 2. The minimum absolute atomic E-state index is 0.195. The van der Waals surface area contributed by atoms with E-state index in [1.165, 1.54) is 57.8 Å². The third kappa shape index (κ3) is 10.8. The van der Waals surface area contributed by atoms with Crippen molar-refractivity contribution in [2.75, 3.05) is 13.2 Å². The molecule has 0 aromatic rings. The molecular formula is C23H42O4. The highest BCUT2D eigenvalue weighted by Gasteiger charge is 2.37. The summed E-state index contributed by atoms with van der Waals surface area (Å²) in [6.07, 6.45) is 17.6. The van der Waals surface area contributed by atoms with Gasteiger partial charge in [-0.15, -0.1) is 0 Å². The van der Waals surface area contributed by atoms with Gasteiger partial charge in [-0.1, -0.05) is 84.0 Å². The van der Waals surface area contributed by atoms with E-state index in [9.17, 15) is 9.59 Å². The average Bonchev–Trinajstić information content (AvgIpc) is 2.69. The molecule has 0 amide bonds. The van der Waals surface area contributed by atoms with Crippen molar-refractivity contribution in [1.82, 2.24) is 0 Å². The van der Waals surface area contributed by atoms with Crippen LogP contribution in [-0.2, 0) is 19.1 Å². The van der Waals surface area contributed by atoms with Crippen LogP contribution in [0.3, 0.4) is 0 Å². The second-order valence-corrected chi connectivity index (χ2v) is 7.95. The highest BCUT2D eigenvalue weighted by molar-refractivity contribution is 5.82. The van der Waals surface area contributed by atoms with Crippen molar-refractivity contribution < 1.29 is 19.1 Å². The first kappa shape index (κ1) is 24.0. The Morgan fingerprint density at radius 3 is 1.59 bits per heavy atom. The highest BCUT2D eigenvalue weighted by Crippen LogP contribution is 2.32. The number of esters is 2. The Morgan fingerprint density at radius 1 is 0.667 bits per heavy atom. The molecule has 0 saturated heterocycles. The molecule has 2 atom stereocenters. The molecule has 27 heavy (non-hydrogen) atoms. The first-order valence-electron chi connectivity index (χ1n) is 11.5. The fourth-order valence-electron chi connectivity index (χ4n) is 3.99. The second-order valence-electron chi connectivity index (χ2n) is 7.95. The Labute approximate surface area is 166 Å². The van der Waals surface area contributed by atoms with E-state index in [4.69, 9.17) is 9.47 Å². The number of rotatable bonds is 15. The first-order chi connectivity index (χ1) is 13.2. The molecule has 4 heteroatoms. The minimum atomic E-state index is -0.302. The van der Waals surface area contributed by atoms with E-state index in [0.717, 1.165) is 38.5 Å². The van der Waals surface area contributed by atoms with Crippen LogP contribution in [0.5, 0.6) is 0 Å². The van der Waals surface area contributed by atoms with E-state index in [-0.39, 0.29) is 23.8 Å². The van der Waals surface area contributed by atoms with Crippen LogP contribution in [0.25, 0.3) is 0 Å². The van der Waals surface area contributed by atoms with Crippen LogP contribution < -0.4 is 0 Å². The largest absolute Gasteiger partial charge is 0.466 e. The van der Waals surface area contributed by atoms with E-state index >= 15 is 0 Å². The molecular weight excluding hydrogens is 340 g/mol. The van der Waals surface area contributed by atoms with Crippen LogP contribution in [0.1, 0.15) is 110 Å². The maximum absolute atomic E-state index is 12.4. The van der Waals surface area contributed by atoms with Crippen molar-refractivity contribution in [3.05, 3.63) is 0 Å². The maximum atomic E-state index is 12.4. The zero-order valence-corrected chi connectivity index (χ0v) is 17.8. The van der Waals surface area contributed by atoms with Crippen molar-refractivity contribution in [2.24, 2.45) is 11.8 Å². The Balaban J connectivity index is 2.05. The number of carbonyl (C=O) groups is 2. The van der Waals surface area contributed by atoms with Crippen molar-refractivity contribution in [3.8, 4) is 0 Å². The van der Waals surface area contributed by atoms with Crippen LogP contribution >= 0.6 is 0 Å². The molecule has 0 radical (unpaired) electrons. The number of hydrogen-bond acceptors (Lipinski definition) is 4. The molecule has 0 heterocycles. The van der Waals surface area contributed by atoms with Gasteiger partial charge in [-0.3, -0.25) is 9.59 Å². The molecule has 0 aromatic carbocycles. The first-order valence-corrected chi connectivity index (χ1v) is 11.5. The third-order valence-corrected chi connectivity index (χ3v) is 5.65. The Hall–Kier alpha value is -1.06. The van der Waals surface area contributed by atoms with Gasteiger partial charge in [-0.05, 0) is 26.2 Å². The van der Waals surface area contributed by atoms with Gasteiger partial charge in [-0.25, -0.2) is 0 Å². The fraction of sp³-hybridized carbons (Fsp3) is 0.913. The lowest BCUT2D eigenvalue weighted by atomic mass is 9.79. The summed E-state index contributed by atoms with van der Waals surface area (Å²) in [5, 5.41) is 0. The summed E-state index contributed by atoms with van der Waals surface area (Å²) in [5.74, 6) is -1.03. The zero-order valence-electron chi connectivity index (χ0n) is 17.8. The van der Waals surface area contributed by atoms with Crippen LogP contribution in [-0.4, -0.2) is 25.2 Å². The van der Waals surface area contributed by atoms with Gasteiger partial charge in [0, 0.05) is 0 Å². The summed E-state index contributed by atoms with van der Waals surface area (Å²) in [6, 6.07) is 0. The SMILES string of the molecule is CCCCCCCCCCCCCOC(=O)C1CCCCC1C(=O)OCC. The minimum Gasteiger partial charge on any atom is -0.466 e. The third-order valence-electron chi connectivity index (χ3n) is 5.65. The standard InChI is InChI=1S/C23H42O4/c1-3-5-6-7-8-9-10-11-12-13-16-19-27-23(25)21-18-15-14-17-20(21)22(24)26-4-2/h20-21H,3-19H2,1-2H3. The van der Waals surface area contributed by atoms with Crippen LogP contribution in [0.4, 0.5) is 0 Å². The topological polar surface area (TPSA) is 52.6 Å². The molecule has 1 saturated carbocycles. The van der Waals surface area contributed by atoms with Gasteiger partial charge in [0.1, 0.15) is 0 Å². The van der Waals surface area contributed by atoms with Gasteiger partial charge < -0.3 is 9.47 Å². The molecule has 1 aliphatic rings. The molecule has 0 bridgehead atoms. The summed E-state index contributed by atoms with van der Waals surface area (Å²) in [4.78, 5) is 24.4. The van der Waals surface area contributed by atoms with Gasteiger partial charge in [0.05, 0.1) is 25.0 Å². The summed E-state index contributed by atoms with van der Waals surface area (Å²) in [7, 11) is 0. The van der Waals surface area contributed by atoms with Crippen LogP contribution in [0.2, 0.25) is 0 Å². The lowest BCUT2D eigenvalue weighted by Gasteiger charge is -2.28. The average molecular weight is 383 g/mol.